The van der Waals surface area contributed by atoms with Crippen molar-refractivity contribution in [2.45, 2.75) is 24.7 Å². The summed E-state index contributed by atoms with van der Waals surface area (Å²) in [7, 11) is -4.09. The first-order valence-corrected chi connectivity index (χ1v) is 11.4. The maximum absolute atomic E-state index is 13.4. The molecule has 9 heteroatoms. The molecule has 0 aliphatic heterocycles. The second-order valence-corrected chi connectivity index (χ2v) is 9.38. The molecule has 1 heterocycles. The van der Waals surface area contributed by atoms with Gasteiger partial charge in [-0.05, 0) is 48.4 Å². The maximum Gasteiger partial charge on any atom is 0.283 e. The predicted molar refractivity (Wildman–Crippen MR) is 118 cm³/mol. The second kappa shape index (κ2) is 8.67. The van der Waals surface area contributed by atoms with Crippen molar-refractivity contribution < 1.29 is 26.8 Å². The lowest BCUT2D eigenvalue weighted by molar-refractivity contribution is -0.117. The Hall–Kier alpha value is -3.72. The number of carbonyl (C=O) groups is 2. The zero-order chi connectivity index (χ0) is 23.8. The molecule has 0 unspecified atom stereocenters. The lowest BCUT2D eigenvalue weighted by Gasteiger charge is -2.08. The van der Waals surface area contributed by atoms with Crippen LogP contribution in [0, 0.1) is 11.6 Å². The first kappa shape index (κ1) is 22.5. The van der Waals surface area contributed by atoms with Gasteiger partial charge in [-0.25, -0.2) is 8.78 Å². The Morgan fingerprint density at radius 2 is 1.61 bits per heavy atom. The lowest BCUT2D eigenvalue weighted by Crippen LogP contribution is -2.15. The molecule has 0 radical (unpaired) electrons. The van der Waals surface area contributed by atoms with Crippen LogP contribution < -0.4 is 0 Å². The summed E-state index contributed by atoms with van der Waals surface area (Å²) in [6.07, 6.45) is 1.28. The van der Waals surface area contributed by atoms with Crippen molar-refractivity contribution >= 4 is 32.5 Å². The number of benzene rings is 3. The van der Waals surface area contributed by atoms with E-state index in [0.29, 0.717) is 16.5 Å². The molecule has 0 bridgehead atoms. The highest BCUT2D eigenvalue weighted by atomic mass is 32.2. The van der Waals surface area contributed by atoms with Gasteiger partial charge >= 0.3 is 0 Å². The average molecular weight is 468 g/mol. The smallest absolute Gasteiger partial charge is 0.283 e. The fraction of sp³-hybridized carbons (Fsp3) is 0.125. The molecule has 0 atom stereocenters. The SMILES string of the molecule is CC(=O)c1cccc(S(=O)(=O)n2ncc3ccc(CC(=O)Cc4ccc(F)c(F)c4)cc32)c1. The molecule has 1 aromatic heterocycles. The summed E-state index contributed by atoms with van der Waals surface area (Å²) < 4.78 is 53.7. The fourth-order valence-corrected chi connectivity index (χ4v) is 4.80. The molecule has 4 rings (SSSR count). The van der Waals surface area contributed by atoms with Gasteiger partial charge in [0.25, 0.3) is 10.0 Å². The number of fused-ring (bicyclic) bond motifs is 1. The highest BCUT2D eigenvalue weighted by molar-refractivity contribution is 7.90. The highest BCUT2D eigenvalue weighted by Crippen LogP contribution is 2.23. The van der Waals surface area contributed by atoms with Crippen molar-refractivity contribution in [2.24, 2.45) is 0 Å². The third kappa shape index (κ3) is 4.58. The number of halogens is 2. The zero-order valence-corrected chi connectivity index (χ0v) is 18.3. The van der Waals surface area contributed by atoms with E-state index >= 15 is 0 Å². The summed E-state index contributed by atoms with van der Waals surface area (Å²) in [5.41, 5.74) is 1.43. The summed E-state index contributed by atoms with van der Waals surface area (Å²) in [6, 6.07) is 13.9. The minimum Gasteiger partial charge on any atom is -0.299 e. The molecule has 0 amide bonds. The van der Waals surface area contributed by atoms with Crippen LogP contribution >= 0.6 is 0 Å². The molecule has 4 aromatic rings. The van der Waals surface area contributed by atoms with E-state index in [0.717, 1.165) is 16.2 Å². The molecule has 0 aliphatic rings. The molecule has 0 fully saturated rings. The van der Waals surface area contributed by atoms with Crippen molar-refractivity contribution in [3.8, 4) is 0 Å². The van der Waals surface area contributed by atoms with Gasteiger partial charge < -0.3 is 0 Å². The normalized spacial score (nSPS) is 11.6. The molecule has 6 nitrogen and oxygen atoms in total. The van der Waals surface area contributed by atoms with Crippen LogP contribution in [0.5, 0.6) is 0 Å². The van der Waals surface area contributed by atoms with E-state index in [4.69, 9.17) is 0 Å². The summed E-state index contributed by atoms with van der Waals surface area (Å²) in [4.78, 5) is 24.0. The van der Waals surface area contributed by atoms with Gasteiger partial charge in [-0.15, -0.1) is 0 Å². The van der Waals surface area contributed by atoms with Crippen molar-refractivity contribution in [2.75, 3.05) is 0 Å². The molecular weight excluding hydrogens is 450 g/mol. The number of rotatable bonds is 7. The number of Topliss-reactive ketones (excluding diaryl/α,β-unsaturated/α-hetero) is 2. The minimum absolute atomic E-state index is 0.0278. The van der Waals surface area contributed by atoms with Gasteiger partial charge in [0.2, 0.25) is 0 Å². The van der Waals surface area contributed by atoms with Crippen LogP contribution in [0.4, 0.5) is 8.78 Å². The first-order chi connectivity index (χ1) is 15.6. The topological polar surface area (TPSA) is 86.1 Å². The van der Waals surface area contributed by atoms with Gasteiger partial charge in [0.05, 0.1) is 16.6 Å². The van der Waals surface area contributed by atoms with Crippen LogP contribution in [0.1, 0.15) is 28.4 Å². The number of hydrogen-bond acceptors (Lipinski definition) is 5. The first-order valence-electron chi connectivity index (χ1n) is 9.94. The Morgan fingerprint density at radius 1 is 0.909 bits per heavy atom. The van der Waals surface area contributed by atoms with Crippen LogP contribution in [-0.2, 0) is 27.7 Å². The van der Waals surface area contributed by atoms with Gasteiger partial charge in [0, 0.05) is 23.8 Å². The van der Waals surface area contributed by atoms with Crippen molar-refractivity contribution in [3.63, 3.8) is 0 Å². The summed E-state index contributed by atoms with van der Waals surface area (Å²) in [5.74, 6) is -2.52. The highest BCUT2D eigenvalue weighted by Gasteiger charge is 2.22. The molecule has 33 heavy (non-hydrogen) atoms. The number of hydrogen-bond donors (Lipinski definition) is 0. The van der Waals surface area contributed by atoms with Crippen LogP contribution in [-0.4, -0.2) is 29.2 Å². The summed E-state index contributed by atoms with van der Waals surface area (Å²) in [6.45, 7) is 1.35. The second-order valence-electron chi connectivity index (χ2n) is 7.61. The third-order valence-electron chi connectivity index (χ3n) is 5.16. The van der Waals surface area contributed by atoms with E-state index in [1.807, 2.05) is 0 Å². The van der Waals surface area contributed by atoms with Gasteiger partial charge in [-0.1, -0.05) is 30.3 Å². The van der Waals surface area contributed by atoms with E-state index in [1.54, 1.807) is 18.2 Å². The fourth-order valence-electron chi connectivity index (χ4n) is 3.49. The van der Waals surface area contributed by atoms with E-state index in [-0.39, 0.29) is 40.4 Å². The molecule has 0 saturated heterocycles. The van der Waals surface area contributed by atoms with Crippen LogP contribution in [0.25, 0.3) is 10.9 Å². The quantitative estimate of drug-likeness (QED) is 0.381. The Morgan fingerprint density at radius 3 is 2.30 bits per heavy atom. The number of ketones is 2. The number of nitrogens with zero attached hydrogens (tertiary/aromatic N) is 2. The van der Waals surface area contributed by atoms with Crippen LogP contribution in [0.3, 0.4) is 0 Å². The Balaban J connectivity index is 1.63. The van der Waals surface area contributed by atoms with E-state index < -0.39 is 21.7 Å². The maximum atomic E-state index is 13.4. The standard InChI is InChI=1S/C24H18F2N2O4S/c1-15(29)18-3-2-4-21(13-18)33(31,32)28-24-12-17(5-7-19(24)14-27-28)10-20(30)9-16-6-8-22(25)23(26)11-16/h2-8,11-14H,9-10H2,1H3. The molecule has 168 valence electrons. The van der Waals surface area contributed by atoms with Gasteiger partial charge in [0.15, 0.2) is 17.4 Å². The van der Waals surface area contributed by atoms with E-state index in [2.05, 4.69) is 5.10 Å². The lowest BCUT2D eigenvalue weighted by atomic mass is 10.0. The predicted octanol–water partition coefficient (Wildman–Crippen LogP) is 4.11. The Labute approximate surface area is 188 Å². The largest absolute Gasteiger partial charge is 0.299 e. The van der Waals surface area contributed by atoms with Gasteiger partial charge in [-0.2, -0.15) is 17.6 Å². The zero-order valence-electron chi connectivity index (χ0n) is 17.5. The van der Waals surface area contributed by atoms with Crippen LogP contribution in [0.2, 0.25) is 0 Å². The molecule has 0 saturated carbocycles. The summed E-state index contributed by atoms with van der Waals surface area (Å²) in [5, 5.41) is 4.56. The molecule has 0 N–H and O–H groups in total. The van der Waals surface area contributed by atoms with Gasteiger partial charge in [-0.3, -0.25) is 9.59 Å². The van der Waals surface area contributed by atoms with E-state index in [9.17, 15) is 26.8 Å². The molecular formula is C24H18F2N2O4S. The Kier molecular flexibility index (Phi) is 5.90. The average Bonchev–Trinajstić information content (AvgIpc) is 3.20. The van der Waals surface area contributed by atoms with Gasteiger partial charge in [0.1, 0.15) is 5.78 Å². The Bertz CT molecular complexity index is 1510. The van der Waals surface area contributed by atoms with Crippen LogP contribution in [0.15, 0.2) is 71.8 Å². The molecule has 0 aliphatic carbocycles. The van der Waals surface area contributed by atoms with Crippen molar-refractivity contribution in [3.05, 3.63) is 95.2 Å². The van der Waals surface area contributed by atoms with E-state index in [1.165, 1.54) is 43.5 Å². The third-order valence-corrected chi connectivity index (χ3v) is 6.75. The van der Waals surface area contributed by atoms with Crippen molar-refractivity contribution in [1.29, 1.82) is 0 Å². The molecule has 0 spiro atoms. The number of aromatic nitrogens is 2. The number of carbonyl (C=O) groups excluding carboxylic acids is 2. The molecule has 3 aromatic carbocycles. The monoisotopic (exact) mass is 468 g/mol. The summed E-state index contributed by atoms with van der Waals surface area (Å²) >= 11 is 0. The van der Waals surface area contributed by atoms with Crippen molar-refractivity contribution in [1.82, 2.24) is 9.19 Å². The minimum atomic E-state index is -4.09.